The fourth-order valence-electron chi connectivity index (χ4n) is 2.18. The summed E-state index contributed by atoms with van der Waals surface area (Å²) in [6.07, 6.45) is 2.81. The van der Waals surface area contributed by atoms with E-state index in [0.717, 1.165) is 0 Å². The molecule has 3 N–H and O–H groups in total. The van der Waals surface area contributed by atoms with E-state index in [-0.39, 0.29) is 17.2 Å². The van der Waals surface area contributed by atoms with E-state index in [9.17, 15) is 9.59 Å². The van der Waals surface area contributed by atoms with Gasteiger partial charge in [-0.15, -0.1) is 0 Å². The van der Waals surface area contributed by atoms with E-state index < -0.39 is 17.0 Å². The summed E-state index contributed by atoms with van der Waals surface area (Å²) in [5, 5.41) is 19.9. The maximum atomic E-state index is 12.3. The van der Waals surface area contributed by atoms with E-state index in [1.807, 2.05) is 0 Å². The van der Waals surface area contributed by atoms with E-state index in [1.54, 1.807) is 42.5 Å². The van der Waals surface area contributed by atoms with Crippen LogP contribution >= 0.6 is 0 Å². The highest BCUT2D eigenvalue weighted by molar-refractivity contribution is 6.04. The van der Waals surface area contributed by atoms with Crippen molar-refractivity contribution in [1.82, 2.24) is 20.2 Å². The number of anilines is 1. The van der Waals surface area contributed by atoms with Gasteiger partial charge in [0.1, 0.15) is 11.4 Å². The fraction of sp³-hybridized carbons (Fsp3) is 0. The lowest BCUT2D eigenvalue weighted by molar-refractivity contribution is -0.260. The first kappa shape index (κ1) is 17.1. The summed E-state index contributed by atoms with van der Waals surface area (Å²) in [5.41, 5.74) is 0.890. The maximum Gasteiger partial charge on any atom is 0.321 e. The van der Waals surface area contributed by atoms with E-state index >= 15 is 0 Å². The molecule has 26 heavy (non-hydrogen) atoms. The van der Waals surface area contributed by atoms with Gasteiger partial charge in [0, 0.05) is 18.0 Å². The highest BCUT2D eigenvalue weighted by Crippen LogP contribution is 2.25. The number of hydroxylamine groups is 2. The third kappa shape index (κ3) is 3.69. The molecule has 3 aromatic rings. The second-order valence-electron chi connectivity index (χ2n) is 5.07. The van der Waals surface area contributed by atoms with Crippen LogP contribution in [0.3, 0.4) is 0 Å². The summed E-state index contributed by atoms with van der Waals surface area (Å²) in [6.45, 7) is 0. The molecule has 0 unspecified atom stereocenters. The maximum absolute atomic E-state index is 12.3. The summed E-state index contributed by atoms with van der Waals surface area (Å²) in [7, 11) is 0. The minimum atomic E-state index is -1.11. The molecule has 9 heteroatoms. The number of amides is 2. The Hall–Kier alpha value is -3.69. The first-order chi connectivity index (χ1) is 12.6. The number of carbonyl (C=O) groups excluding carboxylic acids is 2. The smallest absolute Gasteiger partial charge is 0.320 e. The standard InChI is InChI=1S/C17H13N5O4/c23-16(13-7-3-4-9-18-13)21-12-6-2-1-5-11(12)15-19-10-8-14(20-15)17(24)22(25)26/h1-10,25-26H,(H,21,23). The van der Waals surface area contributed by atoms with Crippen molar-refractivity contribution in [3.8, 4) is 11.4 Å². The summed E-state index contributed by atoms with van der Waals surface area (Å²) in [5.74, 6) is -1.39. The Morgan fingerprint density at radius 1 is 0.885 bits per heavy atom. The topological polar surface area (TPSA) is 129 Å². The van der Waals surface area contributed by atoms with Crippen LogP contribution in [0.2, 0.25) is 0 Å². The zero-order valence-electron chi connectivity index (χ0n) is 13.3. The molecule has 2 heterocycles. The minimum Gasteiger partial charge on any atom is -0.320 e. The zero-order chi connectivity index (χ0) is 18.5. The molecule has 0 aliphatic heterocycles. The number of rotatable bonds is 4. The first-order valence-electron chi connectivity index (χ1n) is 7.43. The van der Waals surface area contributed by atoms with Crippen LogP contribution in [0.15, 0.2) is 60.9 Å². The van der Waals surface area contributed by atoms with Crippen LogP contribution < -0.4 is 5.32 Å². The first-order valence-corrected chi connectivity index (χ1v) is 7.43. The number of carbonyl (C=O) groups is 2. The van der Waals surface area contributed by atoms with Crippen LogP contribution in [0.1, 0.15) is 21.0 Å². The Balaban J connectivity index is 1.94. The van der Waals surface area contributed by atoms with Crippen LogP contribution in [-0.2, 0) is 0 Å². The number of nitrogens with zero attached hydrogens (tertiary/aromatic N) is 4. The largest absolute Gasteiger partial charge is 0.321 e. The molecule has 0 aliphatic rings. The SMILES string of the molecule is O=C(Nc1ccccc1-c1nccc(C(=O)N(O)O)n1)c1ccccn1. The average Bonchev–Trinajstić information content (AvgIpc) is 2.68. The normalized spacial score (nSPS) is 10.2. The summed E-state index contributed by atoms with van der Waals surface area (Å²) < 4.78 is 0. The van der Waals surface area contributed by atoms with Gasteiger partial charge < -0.3 is 5.32 Å². The van der Waals surface area contributed by atoms with Crippen LogP contribution in [0.4, 0.5) is 5.69 Å². The summed E-state index contributed by atoms with van der Waals surface area (Å²) >= 11 is 0. The van der Waals surface area contributed by atoms with Gasteiger partial charge in [0.15, 0.2) is 5.82 Å². The van der Waals surface area contributed by atoms with Gasteiger partial charge >= 0.3 is 5.91 Å². The molecule has 130 valence electrons. The molecule has 0 aliphatic carbocycles. The second kappa shape index (κ2) is 7.47. The van der Waals surface area contributed by atoms with Gasteiger partial charge in [0.25, 0.3) is 5.91 Å². The Morgan fingerprint density at radius 2 is 1.65 bits per heavy atom. The van der Waals surface area contributed by atoms with E-state index in [2.05, 4.69) is 20.3 Å². The van der Waals surface area contributed by atoms with Crippen molar-refractivity contribution in [2.24, 2.45) is 0 Å². The third-order valence-corrected chi connectivity index (χ3v) is 3.37. The van der Waals surface area contributed by atoms with E-state index in [1.165, 1.54) is 18.5 Å². The van der Waals surface area contributed by atoms with Crippen molar-refractivity contribution < 1.29 is 20.0 Å². The van der Waals surface area contributed by atoms with Gasteiger partial charge in [0.05, 0.1) is 5.69 Å². The van der Waals surface area contributed by atoms with Crippen molar-refractivity contribution in [2.45, 2.75) is 0 Å². The third-order valence-electron chi connectivity index (χ3n) is 3.37. The number of nitrogens with one attached hydrogen (secondary N) is 1. The Bertz CT molecular complexity index is 947. The lowest BCUT2D eigenvalue weighted by Crippen LogP contribution is -2.24. The average molecular weight is 351 g/mol. The van der Waals surface area contributed by atoms with Crippen LogP contribution in [-0.4, -0.2) is 42.4 Å². The Kier molecular flexibility index (Phi) is 4.92. The van der Waals surface area contributed by atoms with Gasteiger partial charge in [-0.25, -0.2) is 9.97 Å². The van der Waals surface area contributed by atoms with Crippen LogP contribution in [0.5, 0.6) is 0 Å². The molecular formula is C17H13N5O4. The zero-order valence-corrected chi connectivity index (χ0v) is 13.3. The highest BCUT2D eigenvalue weighted by Gasteiger charge is 2.17. The lowest BCUT2D eigenvalue weighted by atomic mass is 10.1. The number of benzene rings is 1. The van der Waals surface area contributed by atoms with Crippen molar-refractivity contribution in [2.75, 3.05) is 5.32 Å². The Morgan fingerprint density at radius 3 is 2.38 bits per heavy atom. The van der Waals surface area contributed by atoms with Crippen LogP contribution in [0.25, 0.3) is 11.4 Å². The highest BCUT2D eigenvalue weighted by atomic mass is 16.8. The molecule has 0 fully saturated rings. The van der Waals surface area contributed by atoms with Crippen molar-refractivity contribution in [3.05, 3.63) is 72.3 Å². The molecule has 3 rings (SSSR count). The molecule has 0 bridgehead atoms. The number of aromatic nitrogens is 3. The van der Waals surface area contributed by atoms with Gasteiger partial charge in [-0.1, -0.05) is 23.4 Å². The predicted molar refractivity (Wildman–Crippen MR) is 89.4 cm³/mol. The molecule has 2 aromatic heterocycles. The number of para-hydroxylation sites is 1. The van der Waals surface area contributed by atoms with E-state index in [4.69, 9.17) is 10.4 Å². The fourth-order valence-corrected chi connectivity index (χ4v) is 2.18. The van der Waals surface area contributed by atoms with Gasteiger partial charge in [-0.3, -0.25) is 25.0 Å². The van der Waals surface area contributed by atoms with Crippen molar-refractivity contribution >= 4 is 17.5 Å². The van der Waals surface area contributed by atoms with Crippen molar-refractivity contribution in [1.29, 1.82) is 0 Å². The molecular weight excluding hydrogens is 338 g/mol. The molecule has 9 nitrogen and oxygen atoms in total. The number of pyridine rings is 1. The minimum absolute atomic E-state index is 0.134. The van der Waals surface area contributed by atoms with E-state index in [0.29, 0.717) is 11.3 Å². The molecule has 0 spiro atoms. The van der Waals surface area contributed by atoms with Crippen LogP contribution in [0, 0.1) is 0 Å². The lowest BCUT2D eigenvalue weighted by Gasteiger charge is -2.11. The van der Waals surface area contributed by atoms with Gasteiger partial charge in [0.2, 0.25) is 0 Å². The van der Waals surface area contributed by atoms with Gasteiger partial charge in [-0.2, -0.15) is 0 Å². The predicted octanol–water partition coefficient (Wildman–Crippen LogP) is 2.01. The molecule has 0 saturated heterocycles. The summed E-state index contributed by atoms with van der Waals surface area (Å²) in [6, 6.07) is 13.0. The van der Waals surface area contributed by atoms with Gasteiger partial charge in [-0.05, 0) is 30.3 Å². The quantitative estimate of drug-likeness (QED) is 0.484. The molecule has 1 aromatic carbocycles. The Labute approximate surface area is 147 Å². The number of hydrogen-bond acceptors (Lipinski definition) is 7. The van der Waals surface area contributed by atoms with Crippen molar-refractivity contribution in [3.63, 3.8) is 0 Å². The molecule has 2 amide bonds. The monoisotopic (exact) mass is 351 g/mol. The summed E-state index contributed by atoms with van der Waals surface area (Å²) in [4.78, 5) is 36.0. The molecule has 0 saturated carbocycles. The number of hydrogen-bond donors (Lipinski definition) is 3. The second-order valence-corrected chi connectivity index (χ2v) is 5.07. The molecule has 0 atom stereocenters. The molecule has 0 radical (unpaired) electrons.